The molecule has 0 aromatic heterocycles. The molecule has 2 nitrogen and oxygen atoms in total. The summed E-state index contributed by atoms with van der Waals surface area (Å²) in [6.45, 7) is 3.29. The van der Waals surface area contributed by atoms with E-state index < -0.39 is 0 Å². The van der Waals surface area contributed by atoms with Crippen LogP contribution in [0.4, 0.5) is 0 Å². The van der Waals surface area contributed by atoms with Crippen molar-refractivity contribution in [1.29, 1.82) is 0 Å². The maximum Gasteiger partial charge on any atom is 0.0959 e. The van der Waals surface area contributed by atoms with Gasteiger partial charge < -0.3 is 10.6 Å². The topological polar surface area (TPSA) is 29.3 Å². The Balaban J connectivity index is 2.23. The van der Waals surface area contributed by atoms with Crippen molar-refractivity contribution in [3.63, 3.8) is 0 Å². The molecule has 12 heavy (non-hydrogen) atoms. The number of hydrogen-bond acceptors (Lipinski definition) is 2. The molecule has 0 fully saturated rings. The van der Waals surface area contributed by atoms with E-state index in [2.05, 4.69) is 18.0 Å². The zero-order valence-electron chi connectivity index (χ0n) is 7.74. The van der Waals surface area contributed by atoms with Crippen molar-refractivity contribution < 1.29 is 0 Å². The molecule has 0 saturated heterocycles. The Morgan fingerprint density at radius 3 is 2.83 bits per heavy atom. The summed E-state index contributed by atoms with van der Waals surface area (Å²) in [5.41, 5.74) is 5.85. The van der Waals surface area contributed by atoms with Crippen LogP contribution in [-0.2, 0) is 0 Å². The van der Waals surface area contributed by atoms with Crippen molar-refractivity contribution in [3.05, 3.63) is 24.4 Å². The number of nitrogens with two attached hydrogens (primary N) is 1. The van der Waals surface area contributed by atoms with E-state index in [9.17, 15) is 0 Å². The van der Waals surface area contributed by atoms with E-state index in [1.807, 2.05) is 18.2 Å². The minimum Gasteiger partial charge on any atom is -0.359 e. The number of rotatable bonds is 4. The highest BCUT2D eigenvalue weighted by Gasteiger charge is 2.07. The van der Waals surface area contributed by atoms with Gasteiger partial charge in [-0.25, -0.2) is 0 Å². The van der Waals surface area contributed by atoms with E-state index in [-0.39, 0.29) is 6.17 Å². The van der Waals surface area contributed by atoms with E-state index in [4.69, 9.17) is 5.73 Å². The van der Waals surface area contributed by atoms with E-state index in [0.717, 1.165) is 6.54 Å². The third-order valence-corrected chi connectivity index (χ3v) is 2.10. The number of unbranched alkanes of at least 4 members (excludes halogenated alkanes) is 2. The van der Waals surface area contributed by atoms with Crippen molar-refractivity contribution in [3.8, 4) is 0 Å². The number of allylic oxidation sites excluding steroid dienone is 2. The highest BCUT2D eigenvalue weighted by molar-refractivity contribution is 5.11. The highest BCUT2D eigenvalue weighted by Crippen LogP contribution is 2.06. The second-order valence-corrected chi connectivity index (χ2v) is 3.16. The quantitative estimate of drug-likeness (QED) is 0.646. The molecule has 1 aliphatic heterocycles. The second-order valence-electron chi connectivity index (χ2n) is 3.16. The Morgan fingerprint density at radius 2 is 2.17 bits per heavy atom. The van der Waals surface area contributed by atoms with Crippen LogP contribution in [0.15, 0.2) is 24.4 Å². The second kappa shape index (κ2) is 4.99. The summed E-state index contributed by atoms with van der Waals surface area (Å²) in [5, 5.41) is 0. The predicted octanol–water partition coefficient (Wildman–Crippen LogP) is 1.85. The molecule has 1 rings (SSSR count). The molecule has 0 aliphatic carbocycles. The molecule has 2 N–H and O–H groups in total. The summed E-state index contributed by atoms with van der Waals surface area (Å²) in [7, 11) is 0. The largest absolute Gasteiger partial charge is 0.359 e. The fourth-order valence-corrected chi connectivity index (χ4v) is 1.32. The Morgan fingerprint density at radius 1 is 1.33 bits per heavy atom. The van der Waals surface area contributed by atoms with Gasteiger partial charge in [-0.3, -0.25) is 0 Å². The van der Waals surface area contributed by atoms with Crippen molar-refractivity contribution in [2.75, 3.05) is 6.54 Å². The van der Waals surface area contributed by atoms with Crippen LogP contribution in [0.1, 0.15) is 26.2 Å². The third-order valence-electron chi connectivity index (χ3n) is 2.10. The van der Waals surface area contributed by atoms with Crippen LogP contribution in [0.3, 0.4) is 0 Å². The summed E-state index contributed by atoms with van der Waals surface area (Å²) in [6.07, 6.45) is 12.0. The van der Waals surface area contributed by atoms with E-state index in [0.29, 0.717) is 0 Å². The minimum absolute atomic E-state index is 0.0897. The Hall–Kier alpha value is -0.760. The molecule has 1 unspecified atom stereocenters. The monoisotopic (exact) mass is 166 g/mol. The lowest BCUT2D eigenvalue weighted by Crippen LogP contribution is -2.38. The molecule has 0 aromatic carbocycles. The lowest BCUT2D eigenvalue weighted by Gasteiger charge is -2.27. The minimum atomic E-state index is 0.0897. The van der Waals surface area contributed by atoms with Crippen LogP contribution in [0.2, 0.25) is 0 Å². The average Bonchev–Trinajstić information content (AvgIpc) is 2.09. The van der Waals surface area contributed by atoms with Crippen molar-refractivity contribution in [2.45, 2.75) is 32.4 Å². The first kappa shape index (κ1) is 9.33. The van der Waals surface area contributed by atoms with Crippen LogP contribution in [0.25, 0.3) is 0 Å². The van der Waals surface area contributed by atoms with Crippen LogP contribution >= 0.6 is 0 Å². The first-order valence-electron chi connectivity index (χ1n) is 4.71. The van der Waals surface area contributed by atoms with Gasteiger partial charge in [0.05, 0.1) is 6.17 Å². The normalized spacial score (nSPS) is 21.8. The van der Waals surface area contributed by atoms with Crippen molar-refractivity contribution in [1.82, 2.24) is 4.90 Å². The van der Waals surface area contributed by atoms with Gasteiger partial charge in [-0.05, 0) is 18.6 Å². The van der Waals surface area contributed by atoms with Crippen molar-refractivity contribution in [2.24, 2.45) is 5.73 Å². The summed E-state index contributed by atoms with van der Waals surface area (Å²) in [6, 6.07) is 0. The maximum atomic E-state index is 5.85. The zero-order valence-corrected chi connectivity index (χ0v) is 7.74. The SMILES string of the molecule is CCCCCN1C=CC=CC1N. The molecule has 1 aliphatic rings. The van der Waals surface area contributed by atoms with E-state index in [1.54, 1.807) is 0 Å². The zero-order chi connectivity index (χ0) is 8.81. The standard InChI is InChI=1S/C10H18N2/c1-2-3-5-8-12-9-6-4-7-10(12)11/h4,6-7,9-10H,2-3,5,8,11H2,1H3. The van der Waals surface area contributed by atoms with Crippen LogP contribution in [0.5, 0.6) is 0 Å². The molecule has 0 radical (unpaired) electrons. The van der Waals surface area contributed by atoms with Gasteiger partial charge in [0.15, 0.2) is 0 Å². The Bertz CT molecular complexity index is 173. The smallest absolute Gasteiger partial charge is 0.0959 e. The molecule has 0 aromatic rings. The molecule has 2 heteroatoms. The Kier molecular flexibility index (Phi) is 3.88. The summed E-state index contributed by atoms with van der Waals surface area (Å²) >= 11 is 0. The van der Waals surface area contributed by atoms with Gasteiger partial charge in [0, 0.05) is 12.7 Å². The lowest BCUT2D eigenvalue weighted by atomic mass is 10.2. The Labute approximate surface area is 74.7 Å². The van der Waals surface area contributed by atoms with Gasteiger partial charge in [0.1, 0.15) is 0 Å². The van der Waals surface area contributed by atoms with Crippen LogP contribution in [-0.4, -0.2) is 17.6 Å². The van der Waals surface area contributed by atoms with Gasteiger partial charge in [0.2, 0.25) is 0 Å². The molecule has 0 saturated carbocycles. The molecule has 1 heterocycles. The van der Waals surface area contributed by atoms with Gasteiger partial charge >= 0.3 is 0 Å². The maximum absolute atomic E-state index is 5.85. The van der Waals surface area contributed by atoms with Gasteiger partial charge in [-0.1, -0.05) is 25.8 Å². The van der Waals surface area contributed by atoms with Crippen molar-refractivity contribution >= 4 is 0 Å². The summed E-state index contributed by atoms with van der Waals surface area (Å²) < 4.78 is 0. The summed E-state index contributed by atoms with van der Waals surface area (Å²) in [4.78, 5) is 2.18. The summed E-state index contributed by atoms with van der Waals surface area (Å²) in [5.74, 6) is 0. The molecular weight excluding hydrogens is 148 g/mol. The van der Waals surface area contributed by atoms with E-state index in [1.165, 1.54) is 19.3 Å². The number of nitrogens with zero attached hydrogens (tertiary/aromatic N) is 1. The molecule has 0 amide bonds. The molecule has 68 valence electrons. The molecule has 1 atom stereocenters. The fraction of sp³-hybridized carbons (Fsp3) is 0.600. The average molecular weight is 166 g/mol. The first-order chi connectivity index (χ1) is 5.84. The fourth-order valence-electron chi connectivity index (χ4n) is 1.32. The third kappa shape index (κ3) is 2.70. The molecule has 0 bridgehead atoms. The highest BCUT2D eigenvalue weighted by atomic mass is 15.2. The van der Waals surface area contributed by atoms with Gasteiger partial charge in [-0.15, -0.1) is 0 Å². The van der Waals surface area contributed by atoms with Gasteiger partial charge in [0.25, 0.3) is 0 Å². The first-order valence-corrected chi connectivity index (χ1v) is 4.71. The molecule has 0 spiro atoms. The molecular formula is C10H18N2. The van der Waals surface area contributed by atoms with Gasteiger partial charge in [-0.2, -0.15) is 0 Å². The van der Waals surface area contributed by atoms with Crippen LogP contribution < -0.4 is 5.73 Å². The predicted molar refractivity (Wildman–Crippen MR) is 52.5 cm³/mol. The van der Waals surface area contributed by atoms with Crippen LogP contribution in [0, 0.1) is 0 Å². The lowest BCUT2D eigenvalue weighted by molar-refractivity contribution is 0.313. The van der Waals surface area contributed by atoms with E-state index >= 15 is 0 Å². The number of hydrogen-bond donors (Lipinski definition) is 1.